The summed E-state index contributed by atoms with van der Waals surface area (Å²) in [5.74, 6) is 1.45. The molecule has 4 nitrogen and oxygen atoms in total. The number of nitrogens with one attached hydrogen (secondary N) is 1. The van der Waals surface area contributed by atoms with Gasteiger partial charge in [-0.15, -0.1) is 0 Å². The van der Waals surface area contributed by atoms with Gasteiger partial charge in [0, 0.05) is 17.5 Å². The maximum Gasteiger partial charge on any atom is 0.246 e. The van der Waals surface area contributed by atoms with Crippen LogP contribution in [0.3, 0.4) is 0 Å². The van der Waals surface area contributed by atoms with Gasteiger partial charge in [0.15, 0.2) is 11.5 Å². The molecule has 154 valence electrons. The van der Waals surface area contributed by atoms with Crippen LogP contribution in [-0.2, 0) is 10.2 Å². The largest absolute Gasteiger partial charge is 0.493 e. The Balaban J connectivity index is 1.79. The van der Waals surface area contributed by atoms with E-state index in [1.54, 1.807) is 14.2 Å². The number of hydrogen-bond donors (Lipinski definition) is 1. The third-order valence-corrected chi connectivity index (χ3v) is 5.93. The fourth-order valence-electron chi connectivity index (χ4n) is 4.22. The van der Waals surface area contributed by atoms with Crippen molar-refractivity contribution in [2.24, 2.45) is 0 Å². The van der Waals surface area contributed by atoms with E-state index in [9.17, 15) is 4.79 Å². The summed E-state index contributed by atoms with van der Waals surface area (Å²) >= 11 is 0. The van der Waals surface area contributed by atoms with Gasteiger partial charge >= 0.3 is 0 Å². The van der Waals surface area contributed by atoms with Crippen LogP contribution in [0.2, 0.25) is 0 Å². The van der Waals surface area contributed by atoms with Crippen molar-refractivity contribution in [3.05, 3.63) is 65.2 Å². The summed E-state index contributed by atoms with van der Waals surface area (Å²) in [6.45, 7) is 2.49. The summed E-state index contributed by atoms with van der Waals surface area (Å²) in [4.78, 5) is 12.8. The zero-order valence-electron chi connectivity index (χ0n) is 17.7. The van der Waals surface area contributed by atoms with Crippen LogP contribution in [0.25, 0.3) is 6.08 Å². The fourth-order valence-corrected chi connectivity index (χ4v) is 4.22. The van der Waals surface area contributed by atoms with Crippen LogP contribution in [0.1, 0.15) is 50.2 Å². The Labute approximate surface area is 173 Å². The molecule has 1 aliphatic rings. The van der Waals surface area contributed by atoms with Crippen LogP contribution in [-0.4, -0.2) is 26.7 Å². The molecule has 0 radical (unpaired) electrons. The van der Waals surface area contributed by atoms with Gasteiger partial charge in [-0.1, -0.05) is 55.7 Å². The molecule has 1 N–H and O–H groups in total. The maximum absolute atomic E-state index is 12.8. The number of amides is 1. The third kappa shape index (κ3) is 5.00. The van der Waals surface area contributed by atoms with E-state index in [0.717, 1.165) is 35.5 Å². The minimum Gasteiger partial charge on any atom is -0.493 e. The molecule has 1 saturated carbocycles. The molecule has 2 aromatic rings. The van der Waals surface area contributed by atoms with Crippen LogP contribution in [0, 0.1) is 0 Å². The number of hydrogen-bond acceptors (Lipinski definition) is 3. The highest BCUT2D eigenvalue weighted by atomic mass is 16.5. The Morgan fingerprint density at radius 3 is 2.34 bits per heavy atom. The summed E-state index contributed by atoms with van der Waals surface area (Å²) in [5, 5.41) is 3.20. The lowest BCUT2D eigenvalue weighted by molar-refractivity contribution is -0.117. The Bertz CT molecular complexity index is 852. The van der Waals surface area contributed by atoms with Crippen molar-refractivity contribution in [3.8, 4) is 11.5 Å². The lowest BCUT2D eigenvalue weighted by Crippen LogP contribution is -2.42. The second-order valence-electron chi connectivity index (χ2n) is 7.83. The van der Waals surface area contributed by atoms with Crippen LogP contribution >= 0.6 is 0 Å². The third-order valence-electron chi connectivity index (χ3n) is 5.93. The molecule has 1 aliphatic carbocycles. The Morgan fingerprint density at radius 1 is 1.00 bits per heavy atom. The first-order chi connectivity index (χ1) is 14.1. The number of rotatable bonds is 7. The number of benzene rings is 2. The van der Waals surface area contributed by atoms with Gasteiger partial charge < -0.3 is 14.8 Å². The van der Waals surface area contributed by atoms with Crippen molar-refractivity contribution in [1.29, 1.82) is 0 Å². The molecule has 4 heteroatoms. The maximum atomic E-state index is 12.8. The second-order valence-corrected chi connectivity index (χ2v) is 7.83. The highest BCUT2D eigenvalue weighted by Gasteiger charge is 2.35. The Morgan fingerprint density at radius 2 is 1.69 bits per heavy atom. The highest BCUT2D eigenvalue weighted by molar-refractivity contribution is 5.97. The van der Waals surface area contributed by atoms with E-state index in [1.807, 2.05) is 49.4 Å². The molecule has 0 bridgehead atoms. The molecule has 0 saturated heterocycles. The highest BCUT2D eigenvalue weighted by Crippen LogP contribution is 2.42. The normalized spacial score (nSPS) is 16.2. The molecule has 3 rings (SSSR count). The zero-order chi connectivity index (χ0) is 20.7. The number of carbonyl (C=O) groups is 1. The van der Waals surface area contributed by atoms with Crippen molar-refractivity contribution in [3.63, 3.8) is 0 Å². The average Bonchev–Trinajstić information content (AvgIpc) is 2.78. The van der Waals surface area contributed by atoms with Gasteiger partial charge in [-0.3, -0.25) is 4.79 Å². The van der Waals surface area contributed by atoms with E-state index in [1.165, 1.54) is 24.8 Å². The first-order valence-corrected chi connectivity index (χ1v) is 10.3. The summed E-state index contributed by atoms with van der Waals surface area (Å²) < 4.78 is 10.9. The molecule has 29 heavy (non-hydrogen) atoms. The molecule has 1 amide bonds. The van der Waals surface area contributed by atoms with Crippen LogP contribution in [0.5, 0.6) is 11.5 Å². The van der Waals surface area contributed by atoms with Crippen LogP contribution in [0.15, 0.2) is 54.1 Å². The van der Waals surface area contributed by atoms with Crippen molar-refractivity contribution in [2.45, 2.75) is 44.4 Å². The van der Waals surface area contributed by atoms with Crippen molar-refractivity contribution in [2.75, 3.05) is 20.8 Å². The fraction of sp³-hybridized carbons (Fsp3) is 0.400. The molecule has 1 fully saturated rings. The quantitative estimate of drug-likeness (QED) is 0.664. The van der Waals surface area contributed by atoms with Crippen molar-refractivity contribution >= 4 is 12.0 Å². The van der Waals surface area contributed by atoms with Gasteiger partial charge in [0.2, 0.25) is 5.91 Å². The van der Waals surface area contributed by atoms with Gasteiger partial charge in [-0.25, -0.2) is 0 Å². The monoisotopic (exact) mass is 393 g/mol. The summed E-state index contributed by atoms with van der Waals surface area (Å²) in [7, 11) is 3.31. The van der Waals surface area contributed by atoms with Crippen LogP contribution < -0.4 is 14.8 Å². The average molecular weight is 394 g/mol. The second kappa shape index (κ2) is 9.64. The minimum absolute atomic E-state index is 0.0146. The SMILES string of the molecule is COc1ccc(C2(CNC(=O)/C(C)=C/c3ccccc3)CCCCC2)cc1OC. The molecule has 0 aliphatic heterocycles. The van der Waals surface area contributed by atoms with E-state index in [-0.39, 0.29) is 11.3 Å². The molecule has 0 unspecified atom stereocenters. The first-order valence-electron chi connectivity index (χ1n) is 10.3. The van der Waals surface area contributed by atoms with E-state index in [4.69, 9.17) is 9.47 Å². The van der Waals surface area contributed by atoms with Gasteiger partial charge in [0.1, 0.15) is 0 Å². The predicted molar refractivity (Wildman–Crippen MR) is 117 cm³/mol. The van der Waals surface area contributed by atoms with Gasteiger partial charge in [-0.2, -0.15) is 0 Å². The lowest BCUT2D eigenvalue weighted by Gasteiger charge is -2.38. The molecular weight excluding hydrogens is 362 g/mol. The van der Waals surface area contributed by atoms with Gasteiger partial charge in [0.25, 0.3) is 0 Å². The van der Waals surface area contributed by atoms with Gasteiger partial charge in [0.05, 0.1) is 14.2 Å². The molecule has 0 heterocycles. The Hall–Kier alpha value is -2.75. The van der Waals surface area contributed by atoms with Crippen molar-refractivity contribution < 1.29 is 14.3 Å². The molecule has 0 spiro atoms. The molecule has 0 aromatic heterocycles. The molecule has 2 aromatic carbocycles. The Kier molecular flexibility index (Phi) is 6.97. The topological polar surface area (TPSA) is 47.6 Å². The zero-order valence-corrected chi connectivity index (χ0v) is 17.7. The lowest BCUT2D eigenvalue weighted by atomic mass is 9.69. The van der Waals surface area contributed by atoms with Crippen LogP contribution in [0.4, 0.5) is 0 Å². The summed E-state index contributed by atoms with van der Waals surface area (Å²) in [5.41, 5.74) is 2.89. The smallest absolute Gasteiger partial charge is 0.246 e. The van der Waals surface area contributed by atoms with E-state index >= 15 is 0 Å². The number of ether oxygens (including phenoxy) is 2. The van der Waals surface area contributed by atoms with Gasteiger partial charge in [-0.05, 0) is 49.1 Å². The van der Waals surface area contributed by atoms with Crippen molar-refractivity contribution in [1.82, 2.24) is 5.32 Å². The molecular formula is C25H31NO3. The standard InChI is InChI=1S/C25H31NO3/c1-19(16-20-10-6-4-7-11-20)24(27)26-18-25(14-8-5-9-15-25)21-12-13-22(28-2)23(17-21)29-3/h4,6-7,10-13,16-17H,5,8-9,14-15,18H2,1-3H3,(H,26,27)/b19-16+. The molecule has 0 atom stereocenters. The summed E-state index contributed by atoms with van der Waals surface area (Å²) in [6.07, 6.45) is 7.63. The predicted octanol–water partition coefficient (Wildman–Crippen LogP) is 5.13. The number of methoxy groups -OCH3 is 2. The summed E-state index contributed by atoms with van der Waals surface area (Å²) in [6, 6.07) is 16.1. The van der Waals surface area contributed by atoms with E-state index < -0.39 is 0 Å². The number of carbonyl (C=O) groups excluding carboxylic acids is 1. The van der Waals surface area contributed by atoms with E-state index in [0.29, 0.717) is 6.54 Å². The first kappa shape index (κ1) is 21.0. The van der Waals surface area contributed by atoms with E-state index in [2.05, 4.69) is 17.4 Å². The minimum atomic E-state index is -0.0690.